The maximum atomic E-state index is 12.8. The molecule has 3 rings (SSSR count). The molecule has 0 aromatic heterocycles. The maximum Gasteiger partial charge on any atom is 0.265 e. The maximum absolute atomic E-state index is 12.8. The van der Waals surface area contributed by atoms with Gasteiger partial charge in [-0.25, -0.2) is 0 Å². The number of hydrogen-bond acceptors (Lipinski definition) is 3. The Kier molecular flexibility index (Phi) is 6.13. The van der Waals surface area contributed by atoms with E-state index in [1.165, 1.54) is 0 Å². The molecule has 0 aliphatic carbocycles. The average molecular weight is 387 g/mol. The van der Waals surface area contributed by atoms with Crippen molar-refractivity contribution >= 4 is 17.4 Å². The van der Waals surface area contributed by atoms with Crippen molar-refractivity contribution in [3.63, 3.8) is 0 Å². The van der Waals surface area contributed by atoms with Gasteiger partial charge >= 0.3 is 0 Å². The highest BCUT2D eigenvalue weighted by Gasteiger charge is 2.20. The Hall–Kier alpha value is -3.40. The van der Waals surface area contributed by atoms with Gasteiger partial charge < -0.3 is 10.1 Å². The molecule has 1 amide bonds. The van der Waals surface area contributed by atoms with E-state index in [1.54, 1.807) is 43.3 Å². The summed E-state index contributed by atoms with van der Waals surface area (Å²) in [5, 5.41) is 2.85. The van der Waals surface area contributed by atoms with E-state index < -0.39 is 6.10 Å². The smallest absolute Gasteiger partial charge is 0.265 e. The number of carbonyl (C=O) groups excluding carboxylic acids is 2. The van der Waals surface area contributed by atoms with Crippen molar-refractivity contribution in [1.82, 2.24) is 0 Å². The summed E-state index contributed by atoms with van der Waals surface area (Å²) in [7, 11) is 0. The Bertz CT molecular complexity index is 1040. The number of carbonyl (C=O) groups is 2. The van der Waals surface area contributed by atoms with Crippen LogP contribution in [0.3, 0.4) is 0 Å². The first-order chi connectivity index (χ1) is 13.9. The van der Waals surface area contributed by atoms with Crippen LogP contribution in [0.5, 0.6) is 5.75 Å². The first kappa shape index (κ1) is 20.3. The molecule has 4 nitrogen and oxygen atoms in total. The average Bonchev–Trinajstić information content (AvgIpc) is 2.72. The fourth-order valence-electron chi connectivity index (χ4n) is 3.14. The zero-order valence-electron chi connectivity index (χ0n) is 17.2. The Labute approximate surface area is 171 Å². The molecule has 3 aromatic rings. The molecular weight excluding hydrogens is 362 g/mol. The lowest BCUT2D eigenvalue weighted by Crippen LogP contribution is -2.31. The lowest BCUT2D eigenvalue weighted by atomic mass is 10.0. The highest BCUT2D eigenvalue weighted by atomic mass is 16.5. The van der Waals surface area contributed by atoms with E-state index in [1.807, 2.05) is 45.0 Å². The fraction of sp³-hybridized carbons (Fsp3) is 0.200. The summed E-state index contributed by atoms with van der Waals surface area (Å²) >= 11 is 0. The molecule has 0 heterocycles. The summed E-state index contributed by atoms with van der Waals surface area (Å²) in [4.78, 5) is 25.6. The molecule has 0 unspecified atom stereocenters. The SMILES string of the molecule is Cc1cc(C)c(C)c(O[C@@H](C)C(=O)Nc2ccccc2C(=O)c2ccccc2)c1. The van der Waals surface area contributed by atoms with Crippen molar-refractivity contribution in [2.75, 3.05) is 5.32 Å². The van der Waals surface area contributed by atoms with Crippen LogP contribution in [0.1, 0.15) is 39.5 Å². The van der Waals surface area contributed by atoms with Crippen LogP contribution in [-0.2, 0) is 4.79 Å². The Morgan fingerprint density at radius 2 is 1.55 bits per heavy atom. The van der Waals surface area contributed by atoms with Gasteiger partial charge in [-0.1, -0.05) is 48.5 Å². The molecule has 0 aliphatic rings. The zero-order valence-corrected chi connectivity index (χ0v) is 17.2. The summed E-state index contributed by atoms with van der Waals surface area (Å²) in [6.45, 7) is 7.69. The first-order valence-electron chi connectivity index (χ1n) is 9.61. The number of hydrogen-bond donors (Lipinski definition) is 1. The number of ether oxygens (including phenoxy) is 1. The molecule has 0 radical (unpaired) electrons. The van der Waals surface area contributed by atoms with Crippen molar-refractivity contribution in [1.29, 1.82) is 0 Å². The minimum Gasteiger partial charge on any atom is -0.481 e. The second-order valence-corrected chi connectivity index (χ2v) is 7.20. The van der Waals surface area contributed by atoms with Crippen LogP contribution < -0.4 is 10.1 Å². The fourth-order valence-corrected chi connectivity index (χ4v) is 3.14. The number of para-hydroxylation sites is 1. The zero-order chi connectivity index (χ0) is 21.0. The minimum atomic E-state index is -0.713. The Morgan fingerprint density at radius 1 is 0.897 bits per heavy atom. The van der Waals surface area contributed by atoms with Gasteiger partial charge in [-0.2, -0.15) is 0 Å². The third-order valence-corrected chi connectivity index (χ3v) is 4.90. The second kappa shape index (κ2) is 8.74. The number of amides is 1. The number of aryl methyl sites for hydroxylation is 2. The summed E-state index contributed by atoms with van der Waals surface area (Å²) in [5.74, 6) is 0.246. The van der Waals surface area contributed by atoms with Crippen LogP contribution in [0.25, 0.3) is 0 Å². The molecule has 4 heteroatoms. The van der Waals surface area contributed by atoms with Gasteiger partial charge in [-0.15, -0.1) is 0 Å². The molecule has 0 spiro atoms. The molecule has 0 aliphatic heterocycles. The van der Waals surface area contributed by atoms with Crippen LogP contribution in [0.15, 0.2) is 66.7 Å². The summed E-state index contributed by atoms with van der Waals surface area (Å²) < 4.78 is 5.93. The van der Waals surface area contributed by atoms with Gasteiger partial charge in [0.05, 0.1) is 5.69 Å². The van der Waals surface area contributed by atoms with Crippen LogP contribution in [0.2, 0.25) is 0 Å². The van der Waals surface area contributed by atoms with Gasteiger partial charge in [-0.05, 0) is 62.6 Å². The number of ketones is 1. The summed E-state index contributed by atoms with van der Waals surface area (Å²) in [6.07, 6.45) is -0.713. The van der Waals surface area contributed by atoms with E-state index in [9.17, 15) is 9.59 Å². The van der Waals surface area contributed by atoms with Crippen molar-refractivity contribution in [3.8, 4) is 5.75 Å². The molecule has 0 saturated carbocycles. The van der Waals surface area contributed by atoms with Gasteiger partial charge in [0.15, 0.2) is 11.9 Å². The largest absolute Gasteiger partial charge is 0.481 e. The topological polar surface area (TPSA) is 55.4 Å². The lowest BCUT2D eigenvalue weighted by molar-refractivity contribution is -0.122. The number of rotatable bonds is 6. The highest BCUT2D eigenvalue weighted by molar-refractivity contribution is 6.14. The van der Waals surface area contributed by atoms with Crippen LogP contribution in [0.4, 0.5) is 5.69 Å². The van der Waals surface area contributed by atoms with E-state index in [2.05, 4.69) is 11.4 Å². The Morgan fingerprint density at radius 3 is 2.28 bits per heavy atom. The van der Waals surface area contributed by atoms with Crippen LogP contribution >= 0.6 is 0 Å². The highest BCUT2D eigenvalue weighted by Crippen LogP contribution is 2.25. The van der Waals surface area contributed by atoms with E-state index in [0.717, 1.165) is 16.7 Å². The van der Waals surface area contributed by atoms with Crippen LogP contribution in [0, 0.1) is 20.8 Å². The third-order valence-electron chi connectivity index (χ3n) is 4.90. The normalized spacial score (nSPS) is 11.6. The molecule has 29 heavy (non-hydrogen) atoms. The quantitative estimate of drug-likeness (QED) is 0.588. The molecule has 1 atom stereocenters. The van der Waals surface area contributed by atoms with E-state index in [-0.39, 0.29) is 11.7 Å². The van der Waals surface area contributed by atoms with E-state index >= 15 is 0 Å². The Balaban J connectivity index is 1.78. The van der Waals surface area contributed by atoms with Gasteiger partial charge in [0.1, 0.15) is 5.75 Å². The van der Waals surface area contributed by atoms with Gasteiger partial charge in [-0.3, -0.25) is 9.59 Å². The summed E-state index contributed by atoms with van der Waals surface area (Å²) in [5.41, 5.74) is 4.70. The molecule has 0 bridgehead atoms. The van der Waals surface area contributed by atoms with Crippen LogP contribution in [-0.4, -0.2) is 17.8 Å². The molecule has 0 fully saturated rings. The van der Waals surface area contributed by atoms with Crippen molar-refractivity contribution < 1.29 is 14.3 Å². The minimum absolute atomic E-state index is 0.139. The predicted octanol–water partition coefficient (Wildman–Crippen LogP) is 5.25. The standard InChI is InChI=1S/C25H25NO3/c1-16-14-17(2)18(3)23(15-16)29-19(4)25(28)26-22-13-9-8-12-21(22)24(27)20-10-6-5-7-11-20/h5-15,19H,1-4H3,(H,26,28)/t19-/m0/s1. The van der Waals surface area contributed by atoms with E-state index in [4.69, 9.17) is 4.74 Å². The third kappa shape index (κ3) is 4.72. The monoisotopic (exact) mass is 387 g/mol. The molecule has 148 valence electrons. The second-order valence-electron chi connectivity index (χ2n) is 7.20. The van der Waals surface area contributed by atoms with Gasteiger partial charge in [0.25, 0.3) is 5.91 Å². The van der Waals surface area contributed by atoms with Crippen molar-refractivity contribution in [2.45, 2.75) is 33.8 Å². The summed E-state index contributed by atoms with van der Waals surface area (Å²) in [6, 6.07) is 20.0. The number of nitrogens with one attached hydrogen (secondary N) is 1. The predicted molar refractivity (Wildman–Crippen MR) is 116 cm³/mol. The van der Waals surface area contributed by atoms with Crippen molar-refractivity contribution in [2.24, 2.45) is 0 Å². The van der Waals surface area contributed by atoms with Gasteiger partial charge in [0.2, 0.25) is 0 Å². The van der Waals surface area contributed by atoms with E-state index in [0.29, 0.717) is 22.6 Å². The van der Waals surface area contributed by atoms with Crippen molar-refractivity contribution in [3.05, 3.63) is 94.5 Å². The molecule has 1 N–H and O–H groups in total. The number of benzene rings is 3. The molecule has 3 aromatic carbocycles. The molecular formula is C25H25NO3. The number of anilines is 1. The lowest BCUT2D eigenvalue weighted by Gasteiger charge is -2.19. The molecule has 0 saturated heterocycles. The van der Waals surface area contributed by atoms with Gasteiger partial charge in [0, 0.05) is 11.1 Å². The first-order valence-corrected chi connectivity index (χ1v) is 9.61.